The second-order valence-corrected chi connectivity index (χ2v) is 7.62. The van der Waals surface area contributed by atoms with E-state index in [9.17, 15) is 0 Å². The van der Waals surface area contributed by atoms with Crippen molar-refractivity contribution in [1.29, 1.82) is 0 Å². The van der Waals surface area contributed by atoms with Crippen LogP contribution in [0.25, 0.3) is 0 Å². The number of benzene rings is 3. The molecule has 0 saturated carbocycles. The fraction of sp³-hybridized carbons (Fsp3) is 0.100. The zero-order chi connectivity index (χ0) is 15.3. The van der Waals surface area contributed by atoms with Gasteiger partial charge in [-0.1, -0.05) is 106 Å². The van der Waals surface area contributed by atoms with E-state index in [4.69, 9.17) is 0 Å². The Hall–Kier alpha value is -1.43. The van der Waals surface area contributed by atoms with Crippen molar-refractivity contribution in [3.05, 3.63) is 108 Å². The van der Waals surface area contributed by atoms with Gasteiger partial charge in [0, 0.05) is 5.41 Å². The van der Waals surface area contributed by atoms with E-state index in [-0.39, 0.29) is 5.41 Å². The average molecular weight is 369 g/mol. The van der Waals surface area contributed by atoms with Gasteiger partial charge < -0.3 is 0 Å². The van der Waals surface area contributed by atoms with Gasteiger partial charge in [0.1, 0.15) is 0 Å². The maximum absolute atomic E-state index is 3.70. The van der Waals surface area contributed by atoms with Gasteiger partial charge in [-0.15, -0.1) is 0 Å². The van der Waals surface area contributed by atoms with Crippen molar-refractivity contribution in [2.75, 3.05) is 6.16 Å². The maximum Gasteiger partial charge on any atom is 0.0495 e. The van der Waals surface area contributed by atoms with Crippen LogP contribution in [0.4, 0.5) is 0 Å². The van der Waals surface area contributed by atoms with Crippen molar-refractivity contribution < 1.29 is 0 Å². The van der Waals surface area contributed by atoms with Crippen LogP contribution in [0.5, 0.6) is 0 Å². The molecule has 0 aromatic heterocycles. The first kappa shape index (κ1) is 15.5. The van der Waals surface area contributed by atoms with Crippen molar-refractivity contribution >= 4 is 22.8 Å². The summed E-state index contributed by atoms with van der Waals surface area (Å²) in [4.78, 5) is 0. The van der Waals surface area contributed by atoms with Gasteiger partial charge in [0.15, 0.2) is 0 Å². The lowest BCUT2D eigenvalue weighted by Crippen LogP contribution is -2.31. The quantitative estimate of drug-likeness (QED) is 0.382. The minimum Gasteiger partial charge on any atom is -0.0641 e. The van der Waals surface area contributed by atoms with Crippen LogP contribution in [0, 0.1) is 0 Å². The zero-order valence-corrected chi connectivity index (χ0v) is 14.8. The lowest BCUT2D eigenvalue weighted by Gasteiger charge is -2.35. The molecule has 0 bridgehead atoms. The summed E-state index contributed by atoms with van der Waals surface area (Å²) in [5.74, 6) is 0. The molecule has 0 amide bonds. The Morgan fingerprint density at radius 3 is 1.18 bits per heavy atom. The molecule has 22 heavy (non-hydrogen) atoms. The van der Waals surface area contributed by atoms with Crippen molar-refractivity contribution in [1.82, 2.24) is 0 Å². The fourth-order valence-electron chi connectivity index (χ4n) is 3.07. The van der Waals surface area contributed by atoms with Crippen LogP contribution in [-0.4, -0.2) is 6.16 Å². The molecule has 0 spiro atoms. The molecular weight excluding hydrogens is 351 g/mol. The third-order valence-corrected chi connectivity index (χ3v) is 5.64. The van der Waals surface area contributed by atoms with Crippen LogP contribution in [0.3, 0.4) is 0 Å². The van der Waals surface area contributed by atoms with Crippen molar-refractivity contribution in [2.24, 2.45) is 0 Å². The number of hydrogen-bond acceptors (Lipinski definition) is 0. The Kier molecular flexibility index (Phi) is 5.08. The smallest absolute Gasteiger partial charge is 0.0495 e. The summed E-state index contributed by atoms with van der Waals surface area (Å²) in [7, 11) is 0.698. The molecule has 0 nitrogen and oxygen atoms in total. The Morgan fingerprint density at radius 2 is 0.909 bits per heavy atom. The van der Waals surface area contributed by atoms with E-state index >= 15 is 0 Å². The van der Waals surface area contributed by atoms with Gasteiger partial charge in [-0.05, 0) is 30.1 Å². The highest BCUT2D eigenvalue weighted by molar-refractivity contribution is 9.36. The van der Waals surface area contributed by atoms with E-state index in [0.717, 1.165) is 6.16 Å². The van der Waals surface area contributed by atoms with Gasteiger partial charge >= 0.3 is 0 Å². The molecule has 0 radical (unpaired) electrons. The molecule has 0 N–H and O–H groups in total. The first-order valence-electron chi connectivity index (χ1n) is 7.38. The summed E-state index contributed by atoms with van der Waals surface area (Å²) >= 11 is 3.70. The van der Waals surface area contributed by atoms with Crippen LogP contribution in [0.15, 0.2) is 91.0 Å². The van der Waals surface area contributed by atoms with Crippen LogP contribution in [0.2, 0.25) is 0 Å². The third-order valence-electron chi connectivity index (χ3n) is 4.13. The van der Waals surface area contributed by atoms with Crippen molar-refractivity contribution in [3.8, 4) is 0 Å². The lowest BCUT2D eigenvalue weighted by molar-refractivity contribution is 0.705. The first-order valence-corrected chi connectivity index (χ1v) is 10.8. The Bertz CT molecular complexity index is 599. The molecule has 1 atom stereocenters. The van der Waals surface area contributed by atoms with Gasteiger partial charge in [-0.3, -0.25) is 0 Å². The summed E-state index contributed by atoms with van der Waals surface area (Å²) in [6.45, 7) is 0. The number of halogens is 1. The Labute approximate surface area is 142 Å². The molecule has 0 aliphatic carbocycles. The standard InChI is InChI=1S/C20H18BrP/c21-22-16-20(17-10-4-1-5-11-17,18-12-6-2-7-13-18)19-14-8-3-9-15-19/h1-15,22H,16H2. The molecule has 0 saturated heterocycles. The molecule has 3 rings (SSSR count). The molecule has 3 aromatic rings. The predicted octanol–water partition coefficient (Wildman–Crippen LogP) is 6.01. The highest BCUT2D eigenvalue weighted by Gasteiger charge is 2.35. The summed E-state index contributed by atoms with van der Waals surface area (Å²) in [5, 5.41) is 0. The first-order chi connectivity index (χ1) is 10.9. The lowest BCUT2D eigenvalue weighted by atomic mass is 9.71. The largest absolute Gasteiger partial charge is 0.0641 e. The van der Waals surface area contributed by atoms with Gasteiger partial charge in [0.2, 0.25) is 0 Å². The van der Waals surface area contributed by atoms with E-state index in [1.807, 2.05) is 0 Å². The van der Waals surface area contributed by atoms with Gasteiger partial charge in [0.25, 0.3) is 0 Å². The normalized spacial score (nSPS) is 11.9. The third kappa shape index (κ3) is 2.89. The molecule has 1 unspecified atom stereocenters. The summed E-state index contributed by atoms with van der Waals surface area (Å²) < 4.78 is 0. The molecule has 0 heterocycles. The van der Waals surface area contributed by atoms with E-state index < -0.39 is 0 Å². The fourth-order valence-corrected chi connectivity index (χ4v) is 5.15. The van der Waals surface area contributed by atoms with Crippen LogP contribution < -0.4 is 0 Å². The minimum absolute atomic E-state index is 0.105. The van der Waals surface area contributed by atoms with Crippen LogP contribution >= 0.6 is 22.8 Å². The summed E-state index contributed by atoms with van der Waals surface area (Å²) in [6.07, 6.45) is 1.05. The topological polar surface area (TPSA) is 0 Å². The van der Waals surface area contributed by atoms with Gasteiger partial charge in [-0.25, -0.2) is 0 Å². The van der Waals surface area contributed by atoms with Crippen LogP contribution in [-0.2, 0) is 5.41 Å². The molecule has 0 aliphatic rings. The summed E-state index contributed by atoms with van der Waals surface area (Å²) in [5.41, 5.74) is 3.93. The highest BCUT2D eigenvalue weighted by atomic mass is 79.9. The molecule has 0 aliphatic heterocycles. The predicted molar refractivity (Wildman–Crippen MR) is 101 cm³/mol. The number of rotatable bonds is 5. The second-order valence-electron chi connectivity index (χ2n) is 5.31. The Balaban J connectivity index is 2.29. The average Bonchev–Trinajstić information content (AvgIpc) is 2.62. The van der Waals surface area contributed by atoms with Gasteiger partial charge in [-0.2, -0.15) is 0 Å². The molecule has 0 fully saturated rings. The van der Waals surface area contributed by atoms with E-state index in [2.05, 4.69) is 106 Å². The minimum atomic E-state index is -0.105. The molecule has 3 aromatic carbocycles. The van der Waals surface area contributed by atoms with Gasteiger partial charge in [0.05, 0.1) is 0 Å². The summed E-state index contributed by atoms with van der Waals surface area (Å²) in [6, 6.07) is 32.5. The van der Waals surface area contributed by atoms with E-state index in [1.165, 1.54) is 16.7 Å². The molecule has 110 valence electrons. The Morgan fingerprint density at radius 1 is 0.591 bits per heavy atom. The monoisotopic (exact) mass is 368 g/mol. The zero-order valence-electron chi connectivity index (χ0n) is 12.2. The van der Waals surface area contributed by atoms with Crippen molar-refractivity contribution in [2.45, 2.75) is 5.41 Å². The molecular formula is C20H18BrP. The maximum atomic E-state index is 3.70. The van der Waals surface area contributed by atoms with E-state index in [0.29, 0.717) is 7.28 Å². The highest BCUT2D eigenvalue weighted by Crippen LogP contribution is 2.44. The molecule has 2 heteroatoms. The second kappa shape index (κ2) is 7.22. The SMILES string of the molecule is BrPCC(c1ccccc1)(c1ccccc1)c1ccccc1. The van der Waals surface area contributed by atoms with E-state index in [1.54, 1.807) is 0 Å². The van der Waals surface area contributed by atoms with Crippen LogP contribution in [0.1, 0.15) is 16.7 Å². The van der Waals surface area contributed by atoms with Crippen molar-refractivity contribution in [3.63, 3.8) is 0 Å². The number of hydrogen-bond donors (Lipinski definition) is 0.